The summed E-state index contributed by atoms with van der Waals surface area (Å²) in [4.78, 5) is 15.2. The van der Waals surface area contributed by atoms with E-state index in [9.17, 15) is 4.79 Å². The number of hydrogen-bond donors (Lipinski definition) is 0. The fraction of sp³-hybridized carbons (Fsp3) is 0.269. The van der Waals surface area contributed by atoms with E-state index in [1.54, 1.807) is 0 Å². The summed E-state index contributed by atoms with van der Waals surface area (Å²) < 4.78 is 12.7. The Hall–Kier alpha value is -2.98. The first-order valence-electron chi connectivity index (χ1n) is 10.8. The zero-order valence-corrected chi connectivity index (χ0v) is 18.6. The second-order valence-electron chi connectivity index (χ2n) is 7.87. The Morgan fingerprint density at radius 2 is 1.71 bits per heavy atom. The Morgan fingerprint density at radius 1 is 0.935 bits per heavy atom. The number of carbonyl (C=O) groups excluding carboxylic acids is 1. The van der Waals surface area contributed by atoms with Crippen LogP contribution in [0.15, 0.2) is 54.6 Å². The van der Waals surface area contributed by atoms with Crippen LogP contribution in [-0.2, 0) is 16.8 Å². The van der Waals surface area contributed by atoms with Crippen molar-refractivity contribution in [3.63, 3.8) is 0 Å². The maximum Gasteiger partial charge on any atom is 0.340 e. The number of hydrogen-bond acceptors (Lipinski definition) is 4. The molecule has 0 saturated heterocycles. The van der Waals surface area contributed by atoms with E-state index in [0.717, 1.165) is 53.2 Å². The van der Waals surface area contributed by atoms with Crippen molar-refractivity contribution in [2.75, 3.05) is 18.0 Å². The molecule has 0 aliphatic carbocycles. The van der Waals surface area contributed by atoms with Crippen LogP contribution in [0.3, 0.4) is 0 Å². The molecule has 2 heterocycles. The molecule has 0 saturated carbocycles. The number of carbonyl (C=O) groups is 1. The van der Waals surface area contributed by atoms with Gasteiger partial charge in [0, 0.05) is 46.6 Å². The molecule has 5 heteroatoms. The smallest absolute Gasteiger partial charge is 0.340 e. The van der Waals surface area contributed by atoms with Gasteiger partial charge in [0.15, 0.2) is 5.60 Å². The second kappa shape index (κ2) is 7.31. The highest BCUT2D eigenvalue weighted by Crippen LogP contribution is 2.57. The first kappa shape index (κ1) is 20.0. The normalized spacial score (nSPS) is 18.1. The van der Waals surface area contributed by atoms with Crippen molar-refractivity contribution in [2.45, 2.75) is 32.8 Å². The van der Waals surface area contributed by atoms with E-state index >= 15 is 0 Å². The van der Waals surface area contributed by atoms with Gasteiger partial charge >= 0.3 is 5.97 Å². The van der Waals surface area contributed by atoms with Gasteiger partial charge in [-0.25, -0.2) is 4.79 Å². The molecule has 4 nitrogen and oxygen atoms in total. The monoisotopic (exact) mass is 433 g/mol. The number of fused-ring (bicyclic) bond motifs is 6. The molecule has 158 valence electrons. The number of aryl methyl sites for hydroxylation is 1. The van der Waals surface area contributed by atoms with E-state index in [4.69, 9.17) is 21.1 Å². The first-order chi connectivity index (χ1) is 15.0. The third kappa shape index (κ3) is 2.78. The Kier molecular flexibility index (Phi) is 4.71. The number of halogens is 1. The van der Waals surface area contributed by atoms with Gasteiger partial charge in [-0.15, -0.1) is 0 Å². The van der Waals surface area contributed by atoms with Crippen LogP contribution in [0, 0.1) is 0 Å². The van der Waals surface area contributed by atoms with Crippen molar-refractivity contribution in [1.82, 2.24) is 0 Å². The van der Waals surface area contributed by atoms with Crippen molar-refractivity contribution in [1.29, 1.82) is 0 Å². The number of esters is 1. The van der Waals surface area contributed by atoms with Crippen molar-refractivity contribution in [3.8, 4) is 11.5 Å². The predicted molar refractivity (Wildman–Crippen MR) is 123 cm³/mol. The van der Waals surface area contributed by atoms with Gasteiger partial charge in [0.2, 0.25) is 0 Å². The van der Waals surface area contributed by atoms with E-state index in [2.05, 4.69) is 37.8 Å². The number of benzene rings is 3. The van der Waals surface area contributed by atoms with Gasteiger partial charge in [-0.3, -0.25) is 0 Å². The Balaban J connectivity index is 1.84. The van der Waals surface area contributed by atoms with Gasteiger partial charge in [0.1, 0.15) is 11.5 Å². The van der Waals surface area contributed by atoms with Gasteiger partial charge in [0.25, 0.3) is 0 Å². The lowest BCUT2D eigenvalue weighted by Crippen LogP contribution is -2.33. The minimum Gasteiger partial charge on any atom is -0.456 e. The maximum absolute atomic E-state index is 13.0. The zero-order chi connectivity index (χ0) is 21.8. The van der Waals surface area contributed by atoms with Crippen LogP contribution in [0.4, 0.5) is 5.69 Å². The largest absolute Gasteiger partial charge is 0.456 e. The SMILES string of the molecule is CCc1cc(Cl)cc2c1Oc1cc(N(CC)CC)ccc1C21OC(=O)c2ccccc21. The lowest BCUT2D eigenvalue weighted by molar-refractivity contribution is 0.0224. The van der Waals surface area contributed by atoms with Crippen LogP contribution in [0.2, 0.25) is 5.02 Å². The van der Waals surface area contributed by atoms with E-state index in [1.165, 1.54) is 0 Å². The van der Waals surface area contributed by atoms with Crippen molar-refractivity contribution in [2.24, 2.45) is 0 Å². The van der Waals surface area contributed by atoms with Crippen LogP contribution in [0.25, 0.3) is 0 Å². The molecule has 3 aromatic carbocycles. The molecule has 31 heavy (non-hydrogen) atoms. The highest BCUT2D eigenvalue weighted by atomic mass is 35.5. The van der Waals surface area contributed by atoms with Gasteiger partial charge in [0.05, 0.1) is 5.56 Å². The first-order valence-corrected chi connectivity index (χ1v) is 11.1. The topological polar surface area (TPSA) is 38.8 Å². The highest BCUT2D eigenvalue weighted by molar-refractivity contribution is 6.30. The lowest BCUT2D eigenvalue weighted by Gasteiger charge is -2.38. The summed E-state index contributed by atoms with van der Waals surface area (Å²) in [5.41, 5.74) is 3.98. The molecule has 0 amide bonds. The molecule has 0 fully saturated rings. The summed E-state index contributed by atoms with van der Waals surface area (Å²) in [6, 6.07) is 17.5. The molecule has 1 atom stereocenters. The van der Waals surface area contributed by atoms with Crippen molar-refractivity contribution < 1.29 is 14.3 Å². The summed E-state index contributed by atoms with van der Waals surface area (Å²) in [6.07, 6.45) is 0.750. The number of nitrogens with zero attached hydrogens (tertiary/aromatic N) is 1. The summed E-state index contributed by atoms with van der Waals surface area (Å²) in [5, 5.41) is 0.599. The van der Waals surface area contributed by atoms with Crippen molar-refractivity contribution in [3.05, 3.63) is 87.4 Å². The van der Waals surface area contributed by atoms with Gasteiger partial charge < -0.3 is 14.4 Å². The van der Waals surface area contributed by atoms with Gasteiger partial charge in [-0.05, 0) is 56.2 Å². The Labute approximate surface area is 187 Å². The Bertz CT molecular complexity index is 1200. The third-order valence-corrected chi connectivity index (χ3v) is 6.57. The molecule has 1 spiro atoms. The van der Waals surface area contributed by atoms with E-state index < -0.39 is 5.60 Å². The van der Waals surface area contributed by atoms with Gasteiger partial charge in [-0.2, -0.15) is 0 Å². The molecular weight excluding hydrogens is 410 g/mol. The predicted octanol–water partition coefficient (Wildman–Crippen LogP) is 6.32. The number of ether oxygens (including phenoxy) is 2. The number of rotatable bonds is 4. The molecule has 5 rings (SSSR count). The molecule has 0 N–H and O–H groups in total. The summed E-state index contributed by atoms with van der Waals surface area (Å²) in [5.74, 6) is 1.10. The second-order valence-corrected chi connectivity index (χ2v) is 8.30. The van der Waals surface area contributed by atoms with Crippen LogP contribution in [-0.4, -0.2) is 19.1 Å². The average molecular weight is 434 g/mol. The highest BCUT2D eigenvalue weighted by Gasteiger charge is 2.54. The maximum atomic E-state index is 13.0. The zero-order valence-electron chi connectivity index (χ0n) is 17.9. The molecule has 0 radical (unpaired) electrons. The molecule has 0 aromatic heterocycles. The third-order valence-electron chi connectivity index (χ3n) is 6.35. The van der Waals surface area contributed by atoms with Crippen LogP contribution in [0.5, 0.6) is 11.5 Å². The fourth-order valence-corrected chi connectivity index (χ4v) is 5.08. The van der Waals surface area contributed by atoms with E-state index in [-0.39, 0.29) is 5.97 Å². The van der Waals surface area contributed by atoms with Crippen molar-refractivity contribution >= 4 is 23.3 Å². The molecule has 2 aliphatic heterocycles. The summed E-state index contributed by atoms with van der Waals surface area (Å²) in [7, 11) is 0. The lowest BCUT2D eigenvalue weighted by atomic mass is 9.77. The molecule has 3 aromatic rings. The molecule has 0 bridgehead atoms. The fourth-order valence-electron chi connectivity index (χ4n) is 4.84. The quantitative estimate of drug-likeness (QED) is 0.451. The minimum atomic E-state index is -1.08. The van der Waals surface area contributed by atoms with Crippen LogP contribution < -0.4 is 9.64 Å². The van der Waals surface area contributed by atoms with Crippen LogP contribution in [0.1, 0.15) is 53.4 Å². The number of anilines is 1. The molecule has 2 aliphatic rings. The Morgan fingerprint density at radius 3 is 2.45 bits per heavy atom. The standard InChI is InChI=1S/C26H24ClNO3/c1-4-16-13-17(27)14-22-24(16)30-23-15-18(28(5-2)6-3)11-12-21(23)26(22)20-10-8-7-9-19(20)25(29)31-26/h7-15H,4-6H2,1-3H3. The molecular formula is C26H24ClNO3. The summed E-state index contributed by atoms with van der Waals surface area (Å²) >= 11 is 6.51. The molecule has 1 unspecified atom stereocenters. The van der Waals surface area contributed by atoms with Crippen LogP contribution >= 0.6 is 11.6 Å². The minimum absolute atomic E-state index is 0.333. The summed E-state index contributed by atoms with van der Waals surface area (Å²) in [6.45, 7) is 8.12. The van der Waals surface area contributed by atoms with E-state index in [0.29, 0.717) is 16.3 Å². The van der Waals surface area contributed by atoms with E-state index in [1.807, 2.05) is 42.5 Å². The van der Waals surface area contributed by atoms with Gasteiger partial charge in [-0.1, -0.05) is 36.7 Å². The average Bonchev–Trinajstić information content (AvgIpc) is 3.08.